The molecule has 2 heteroatoms. The third-order valence-corrected chi connectivity index (χ3v) is 14.2. The van der Waals surface area contributed by atoms with Gasteiger partial charge in [-0.05, 0) is 173 Å². The predicted molar refractivity (Wildman–Crippen MR) is 281 cm³/mol. The van der Waals surface area contributed by atoms with Gasteiger partial charge >= 0.3 is 0 Å². The number of furan rings is 2. The summed E-state index contributed by atoms with van der Waals surface area (Å²) in [5.41, 5.74) is 27.7. The van der Waals surface area contributed by atoms with Crippen molar-refractivity contribution in [1.82, 2.24) is 0 Å². The second-order valence-electron chi connectivity index (χ2n) is 18.8. The Kier molecular flexibility index (Phi) is 8.88. The van der Waals surface area contributed by atoms with E-state index >= 15 is 0 Å². The highest BCUT2D eigenvalue weighted by Gasteiger charge is 2.24. The van der Waals surface area contributed by atoms with Gasteiger partial charge in [0.05, 0.1) is 0 Å². The lowest BCUT2D eigenvalue weighted by atomic mass is 9.91. The fourth-order valence-corrected chi connectivity index (χ4v) is 10.4. The van der Waals surface area contributed by atoms with Crippen LogP contribution in [0.25, 0.3) is 122 Å². The summed E-state index contributed by atoms with van der Waals surface area (Å²) in [7, 11) is 0. The Morgan fingerprint density at radius 1 is 0.254 bits per heavy atom. The minimum absolute atomic E-state index is 0.889. The molecule has 0 unspecified atom stereocenters. The van der Waals surface area contributed by atoms with E-state index in [4.69, 9.17) is 8.83 Å². The average molecular weight is 859 g/mol. The molecule has 0 fully saturated rings. The third kappa shape index (κ3) is 6.71. The normalized spacial score (nSPS) is 12.1. The number of benzene rings is 10. The summed E-state index contributed by atoms with van der Waals surface area (Å²) in [6, 6.07) is 71.8. The molecule has 0 N–H and O–H groups in total. The van der Waals surface area contributed by atoms with Gasteiger partial charge < -0.3 is 8.83 Å². The van der Waals surface area contributed by atoms with Crippen molar-refractivity contribution < 1.29 is 8.83 Å². The van der Waals surface area contributed by atoms with E-state index in [1.807, 2.05) is 0 Å². The summed E-state index contributed by atoms with van der Waals surface area (Å²) in [5.74, 6) is 0. The molecule has 0 spiro atoms. The summed E-state index contributed by atoms with van der Waals surface area (Å²) in [6.45, 7) is 8.55. The van der Waals surface area contributed by atoms with Crippen LogP contribution < -0.4 is 0 Å². The fourth-order valence-electron chi connectivity index (χ4n) is 10.4. The van der Waals surface area contributed by atoms with Crippen LogP contribution in [0.15, 0.2) is 203 Å². The Labute approximate surface area is 390 Å². The number of rotatable bonds is 6. The molecule has 13 rings (SSSR count). The van der Waals surface area contributed by atoms with E-state index in [-0.39, 0.29) is 0 Å². The van der Waals surface area contributed by atoms with Gasteiger partial charge in [0.15, 0.2) is 0 Å². The van der Waals surface area contributed by atoms with Gasteiger partial charge in [-0.25, -0.2) is 0 Å². The smallest absolute Gasteiger partial charge is 0.143 e. The van der Waals surface area contributed by atoms with Gasteiger partial charge in [-0.2, -0.15) is 0 Å². The van der Waals surface area contributed by atoms with Gasteiger partial charge in [0, 0.05) is 32.7 Å². The van der Waals surface area contributed by atoms with Crippen molar-refractivity contribution in [2.75, 3.05) is 0 Å². The Morgan fingerprint density at radius 2 is 0.552 bits per heavy atom. The first-order valence-electron chi connectivity index (χ1n) is 23.3. The Hall–Kier alpha value is -8.20. The molecule has 67 heavy (non-hydrogen) atoms. The van der Waals surface area contributed by atoms with Crippen molar-refractivity contribution in [3.8, 4) is 77.9 Å². The van der Waals surface area contributed by atoms with Gasteiger partial charge in [0.25, 0.3) is 0 Å². The number of hydrogen-bond donors (Lipinski definition) is 0. The Morgan fingerprint density at radius 3 is 0.925 bits per heavy atom. The van der Waals surface area contributed by atoms with Gasteiger partial charge in [-0.1, -0.05) is 156 Å². The number of aryl methyl sites for hydroxylation is 4. The van der Waals surface area contributed by atoms with E-state index in [2.05, 4.69) is 222 Å². The van der Waals surface area contributed by atoms with Crippen molar-refractivity contribution in [3.63, 3.8) is 0 Å². The molecule has 0 amide bonds. The van der Waals surface area contributed by atoms with Crippen LogP contribution in [0.1, 0.15) is 33.4 Å². The minimum Gasteiger partial charge on any atom is -0.455 e. The summed E-state index contributed by atoms with van der Waals surface area (Å²) < 4.78 is 13.7. The van der Waals surface area contributed by atoms with Crippen LogP contribution in [0.5, 0.6) is 0 Å². The third-order valence-electron chi connectivity index (χ3n) is 14.2. The zero-order valence-corrected chi connectivity index (χ0v) is 38.0. The van der Waals surface area contributed by atoms with E-state index in [0.717, 1.165) is 72.6 Å². The maximum Gasteiger partial charge on any atom is 0.143 e. The lowest BCUT2D eigenvalue weighted by Crippen LogP contribution is -1.87. The summed E-state index contributed by atoms with van der Waals surface area (Å²) in [5, 5.41) is 4.48. The molecule has 2 nitrogen and oxygen atoms in total. The minimum atomic E-state index is 0.889. The van der Waals surface area contributed by atoms with E-state index < -0.39 is 0 Å². The SMILES string of the molecule is Cc1ccc(-c2ccc3oc4c(-c5ccc6c(c5)-c5cc(-c7cc(-c8ccc(C)cc8)cc8c7oc7ccc(-c9ccc(C)cc9)cc78)ccc5C6)cc(-c5ccc(C)cc5)cc4c3c2)cc1. The van der Waals surface area contributed by atoms with Crippen LogP contribution in [0.4, 0.5) is 0 Å². The quantitative estimate of drug-likeness (QED) is 0.167. The van der Waals surface area contributed by atoms with Crippen molar-refractivity contribution in [1.29, 1.82) is 0 Å². The molecule has 0 bridgehead atoms. The van der Waals surface area contributed by atoms with E-state index in [9.17, 15) is 0 Å². The molecule has 0 saturated heterocycles. The van der Waals surface area contributed by atoms with Crippen LogP contribution in [0.2, 0.25) is 0 Å². The van der Waals surface area contributed by atoms with Crippen molar-refractivity contribution in [3.05, 3.63) is 228 Å². The molecule has 0 saturated carbocycles. The molecule has 1 aliphatic rings. The largest absolute Gasteiger partial charge is 0.455 e. The van der Waals surface area contributed by atoms with Gasteiger partial charge in [-0.15, -0.1) is 0 Å². The average Bonchev–Trinajstić information content (AvgIpc) is 4.04. The summed E-state index contributed by atoms with van der Waals surface area (Å²) in [6.07, 6.45) is 0.891. The van der Waals surface area contributed by atoms with Crippen LogP contribution in [0, 0.1) is 27.7 Å². The number of hydrogen-bond acceptors (Lipinski definition) is 2. The Balaban J connectivity index is 0.970. The maximum atomic E-state index is 6.87. The van der Waals surface area contributed by atoms with Crippen LogP contribution in [0.3, 0.4) is 0 Å². The first kappa shape index (κ1) is 39.2. The highest BCUT2D eigenvalue weighted by molar-refractivity contribution is 6.14. The molecule has 12 aromatic rings. The molecule has 10 aromatic carbocycles. The molecular formula is C65H46O2. The van der Waals surface area contributed by atoms with Gasteiger partial charge in [-0.3, -0.25) is 0 Å². The number of fused-ring (bicyclic) bond motifs is 9. The zero-order chi connectivity index (χ0) is 44.9. The first-order valence-corrected chi connectivity index (χ1v) is 23.3. The molecule has 2 aromatic heterocycles. The van der Waals surface area contributed by atoms with Gasteiger partial charge in [0.1, 0.15) is 22.3 Å². The molecule has 0 aliphatic heterocycles. The molecule has 0 atom stereocenters. The van der Waals surface area contributed by atoms with Gasteiger partial charge in [0.2, 0.25) is 0 Å². The molecule has 0 radical (unpaired) electrons. The van der Waals surface area contributed by atoms with E-state index in [0.29, 0.717) is 0 Å². The molecule has 2 heterocycles. The van der Waals surface area contributed by atoms with Crippen LogP contribution in [-0.4, -0.2) is 0 Å². The monoisotopic (exact) mass is 858 g/mol. The second-order valence-corrected chi connectivity index (χ2v) is 18.8. The lowest BCUT2D eigenvalue weighted by molar-refractivity contribution is 0.669. The van der Waals surface area contributed by atoms with E-state index in [1.54, 1.807) is 0 Å². The predicted octanol–water partition coefficient (Wildman–Crippen LogP) is 18.3. The summed E-state index contributed by atoms with van der Waals surface area (Å²) >= 11 is 0. The van der Waals surface area contributed by atoms with Crippen molar-refractivity contribution in [2.45, 2.75) is 34.1 Å². The lowest BCUT2D eigenvalue weighted by Gasteiger charge is -2.12. The maximum absolute atomic E-state index is 6.87. The Bertz CT molecular complexity index is 3670. The summed E-state index contributed by atoms with van der Waals surface area (Å²) in [4.78, 5) is 0. The van der Waals surface area contributed by atoms with Crippen molar-refractivity contribution >= 4 is 43.9 Å². The highest BCUT2D eigenvalue weighted by Crippen LogP contribution is 2.47. The first-order chi connectivity index (χ1) is 32.8. The fraction of sp³-hybridized carbons (Fsp3) is 0.0769. The van der Waals surface area contributed by atoms with Crippen LogP contribution in [-0.2, 0) is 6.42 Å². The topological polar surface area (TPSA) is 26.3 Å². The van der Waals surface area contributed by atoms with Crippen molar-refractivity contribution in [2.24, 2.45) is 0 Å². The molecular weight excluding hydrogens is 813 g/mol. The van der Waals surface area contributed by atoms with E-state index in [1.165, 1.54) is 89.0 Å². The second kappa shape index (κ2) is 15.2. The zero-order valence-electron chi connectivity index (χ0n) is 38.0. The molecule has 318 valence electrons. The molecule has 1 aliphatic carbocycles. The standard InChI is InChI=1S/C65H46O2/c1-38-5-13-42(14-6-38)46-25-27-62-58(30-46)60-36-52(44-17-9-40(3)10-18-44)34-56(64(60)66-62)50-23-21-48-29-49-22-24-51(33-55(49)54(48)32-50)57-35-53(45-19-11-41(4)12-20-45)37-61-59-31-47(26-28-63(59)67-65(57)61)43-15-7-39(2)8-16-43/h5-28,30-37H,29H2,1-4H3. The highest BCUT2D eigenvalue weighted by atomic mass is 16.3. The van der Waals surface area contributed by atoms with Crippen LogP contribution >= 0.6 is 0 Å².